The predicted molar refractivity (Wildman–Crippen MR) is 92.5 cm³/mol. The Hall–Kier alpha value is -2.25. The number of benzene rings is 1. The highest BCUT2D eigenvalue weighted by molar-refractivity contribution is 5.81. The van der Waals surface area contributed by atoms with Gasteiger partial charge in [-0.3, -0.25) is 4.79 Å². The molecule has 0 saturated heterocycles. The van der Waals surface area contributed by atoms with Crippen LogP contribution in [-0.4, -0.2) is 35.2 Å². The van der Waals surface area contributed by atoms with Crippen molar-refractivity contribution in [2.45, 2.75) is 45.3 Å². The highest BCUT2D eigenvalue weighted by Gasteiger charge is 2.25. The van der Waals surface area contributed by atoms with Gasteiger partial charge in [0.1, 0.15) is 18.6 Å². The number of ether oxygens (including phenoxy) is 2. The van der Waals surface area contributed by atoms with Gasteiger partial charge in [0.05, 0.1) is 25.2 Å². The lowest BCUT2D eigenvalue weighted by molar-refractivity contribution is -0.128. The number of halogens is 1. The van der Waals surface area contributed by atoms with Crippen molar-refractivity contribution in [1.82, 2.24) is 4.98 Å². The minimum atomic E-state index is -0.591. The van der Waals surface area contributed by atoms with E-state index in [4.69, 9.17) is 13.9 Å². The maximum Gasteiger partial charge on any atom is 0.202 e. The first kappa shape index (κ1) is 20.1. The van der Waals surface area contributed by atoms with Crippen LogP contribution in [0.25, 0.3) is 0 Å². The number of hydrogen-bond donors (Lipinski definition) is 1. The second kappa shape index (κ2) is 8.42. The summed E-state index contributed by atoms with van der Waals surface area (Å²) in [6, 6.07) is 4.45. The van der Waals surface area contributed by atoms with Gasteiger partial charge in [-0.15, -0.1) is 0 Å². The molecule has 1 aromatic heterocycles. The van der Waals surface area contributed by atoms with Gasteiger partial charge in [0, 0.05) is 6.42 Å². The second-order valence-electron chi connectivity index (χ2n) is 6.93. The van der Waals surface area contributed by atoms with E-state index in [2.05, 4.69) is 4.98 Å². The van der Waals surface area contributed by atoms with Crippen molar-refractivity contribution in [3.05, 3.63) is 47.4 Å². The summed E-state index contributed by atoms with van der Waals surface area (Å²) in [6.45, 7) is 5.23. The van der Waals surface area contributed by atoms with Gasteiger partial charge < -0.3 is 19.0 Å². The fraction of sp³-hybridized carbons (Fsp3) is 0.474. The van der Waals surface area contributed by atoms with Crippen molar-refractivity contribution in [2.24, 2.45) is 0 Å². The van der Waals surface area contributed by atoms with E-state index >= 15 is 0 Å². The largest absolute Gasteiger partial charge is 0.494 e. The lowest BCUT2D eigenvalue weighted by atomic mass is 9.93. The average molecular weight is 365 g/mol. The molecule has 6 nitrogen and oxygen atoms in total. The number of methoxy groups -OCH3 is 1. The molecule has 2 aromatic rings. The van der Waals surface area contributed by atoms with Crippen LogP contribution in [0.5, 0.6) is 5.75 Å². The van der Waals surface area contributed by atoms with Gasteiger partial charge in [-0.1, -0.05) is 6.07 Å². The van der Waals surface area contributed by atoms with Crippen LogP contribution < -0.4 is 4.74 Å². The van der Waals surface area contributed by atoms with Crippen molar-refractivity contribution in [3.63, 3.8) is 0 Å². The molecule has 26 heavy (non-hydrogen) atoms. The molecule has 0 amide bonds. The third-order valence-corrected chi connectivity index (χ3v) is 3.71. The lowest BCUT2D eigenvalue weighted by Crippen LogP contribution is -2.24. The molecule has 0 fully saturated rings. The van der Waals surface area contributed by atoms with Crippen LogP contribution >= 0.6 is 0 Å². The first-order valence-electron chi connectivity index (χ1n) is 8.27. The van der Waals surface area contributed by atoms with Crippen molar-refractivity contribution >= 4 is 5.78 Å². The molecule has 1 heterocycles. The van der Waals surface area contributed by atoms with Gasteiger partial charge >= 0.3 is 0 Å². The number of aromatic nitrogens is 1. The zero-order valence-electron chi connectivity index (χ0n) is 15.4. The summed E-state index contributed by atoms with van der Waals surface area (Å²) in [6.07, 6.45) is 1.35. The Kier molecular flexibility index (Phi) is 6.50. The number of carbonyl (C=O) groups is 1. The molecule has 0 spiro atoms. The number of aliphatic hydroxyl groups excluding tert-OH is 1. The SMILES string of the molecule is COc1ccc(C(CC(=O)COC(C)(C)C)c2nc(CO)co2)cc1F. The molecule has 0 saturated carbocycles. The third kappa shape index (κ3) is 5.37. The summed E-state index contributed by atoms with van der Waals surface area (Å²) in [4.78, 5) is 16.5. The molecular weight excluding hydrogens is 341 g/mol. The number of ketones is 1. The highest BCUT2D eigenvalue weighted by Crippen LogP contribution is 2.31. The summed E-state index contributed by atoms with van der Waals surface area (Å²) in [5.41, 5.74) is 0.431. The van der Waals surface area contributed by atoms with Gasteiger partial charge in [0.25, 0.3) is 0 Å². The molecule has 0 bridgehead atoms. The van der Waals surface area contributed by atoms with Gasteiger partial charge in [-0.2, -0.15) is 0 Å². The Labute approximate surface area is 152 Å². The van der Waals surface area contributed by atoms with E-state index in [1.54, 1.807) is 6.07 Å². The van der Waals surface area contributed by atoms with Crippen molar-refractivity contribution in [1.29, 1.82) is 0 Å². The summed E-state index contributed by atoms with van der Waals surface area (Å²) < 4.78 is 30.0. The standard InChI is InChI=1S/C19H24FNO5/c1-19(2,3)26-11-14(23)8-15(18-21-13(9-22)10-25-18)12-5-6-17(24-4)16(20)7-12/h5-7,10,15,22H,8-9,11H2,1-4H3. The minimum Gasteiger partial charge on any atom is -0.494 e. The van der Waals surface area contributed by atoms with E-state index in [0.29, 0.717) is 11.3 Å². The smallest absolute Gasteiger partial charge is 0.202 e. The normalized spacial score (nSPS) is 12.8. The first-order chi connectivity index (χ1) is 12.2. The van der Waals surface area contributed by atoms with Gasteiger partial charge in [-0.25, -0.2) is 9.37 Å². The Bertz CT molecular complexity index is 751. The second-order valence-corrected chi connectivity index (χ2v) is 6.93. The van der Waals surface area contributed by atoms with E-state index in [1.807, 2.05) is 20.8 Å². The molecule has 0 aliphatic rings. The Morgan fingerprint density at radius 3 is 2.65 bits per heavy atom. The topological polar surface area (TPSA) is 81.8 Å². The number of hydrogen-bond acceptors (Lipinski definition) is 6. The van der Waals surface area contributed by atoms with E-state index in [-0.39, 0.29) is 37.1 Å². The summed E-state index contributed by atoms with van der Waals surface area (Å²) in [5.74, 6) is -0.944. The number of carbonyl (C=O) groups excluding carboxylic acids is 1. The fourth-order valence-electron chi connectivity index (χ4n) is 2.39. The van der Waals surface area contributed by atoms with E-state index in [1.165, 1.54) is 25.5 Å². The zero-order valence-corrected chi connectivity index (χ0v) is 15.4. The summed E-state index contributed by atoms with van der Waals surface area (Å²) in [5, 5.41) is 9.19. The summed E-state index contributed by atoms with van der Waals surface area (Å²) in [7, 11) is 1.38. The maximum absolute atomic E-state index is 14.1. The molecule has 0 aliphatic heterocycles. The van der Waals surface area contributed by atoms with E-state index in [9.17, 15) is 14.3 Å². The molecule has 1 N–H and O–H groups in total. The van der Waals surface area contributed by atoms with Crippen LogP contribution in [0.3, 0.4) is 0 Å². The Morgan fingerprint density at radius 2 is 2.12 bits per heavy atom. The number of Topliss-reactive ketones (excluding diaryl/α,β-unsaturated/α-hetero) is 1. The Balaban J connectivity index is 2.27. The molecule has 1 unspecified atom stereocenters. The molecule has 2 rings (SSSR count). The summed E-state index contributed by atoms with van der Waals surface area (Å²) >= 11 is 0. The van der Waals surface area contributed by atoms with Crippen LogP contribution in [0.4, 0.5) is 4.39 Å². The maximum atomic E-state index is 14.1. The van der Waals surface area contributed by atoms with E-state index < -0.39 is 17.3 Å². The monoisotopic (exact) mass is 365 g/mol. The van der Waals surface area contributed by atoms with Crippen LogP contribution in [0.1, 0.15) is 50.3 Å². The average Bonchev–Trinajstić information content (AvgIpc) is 3.06. The number of nitrogens with zero attached hydrogens (tertiary/aromatic N) is 1. The van der Waals surface area contributed by atoms with Crippen LogP contribution in [0.15, 0.2) is 28.9 Å². The number of aliphatic hydroxyl groups is 1. The molecule has 1 atom stereocenters. The fourth-order valence-corrected chi connectivity index (χ4v) is 2.39. The molecule has 1 aromatic carbocycles. The molecular formula is C19H24FNO5. The van der Waals surface area contributed by atoms with Crippen LogP contribution in [-0.2, 0) is 16.1 Å². The van der Waals surface area contributed by atoms with Crippen LogP contribution in [0, 0.1) is 5.82 Å². The lowest BCUT2D eigenvalue weighted by Gasteiger charge is -2.20. The Morgan fingerprint density at radius 1 is 1.38 bits per heavy atom. The van der Waals surface area contributed by atoms with Crippen molar-refractivity contribution in [2.75, 3.05) is 13.7 Å². The third-order valence-electron chi connectivity index (χ3n) is 3.71. The molecule has 142 valence electrons. The minimum absolute atomic E-state index is 0.0350. The number of oxazole rings is 1. The van der Waals surface area contributed by atoms with Gasteiger partial charge in [0.2, 0.25) is 5.89 Å². The van der Waals surface area contributed by atoms with Gasteiger partial charge in [-0.05, 0) is 38.5 Å². The zero-order chi connectivity index (χ0) is 19.3. The van der Waals surface area contributed by atoms with E-state index in [0.717, 1.165) is 0 Å². The highest BCUT2D eigenvalue weighted by atomic mass is 19.1. The van der Waals surface area contributed by atoms with Crippen molar-refractivity contribution < 1.29 is 28.2 Å². The number of rotatable bonds is 8. The first-order valence-corrected chi connectivity index (χ1v) is 8.27. The van der Waals surface area contributed by atoms with Gasteiger partial charge in [0.15, 0.2) is 17.3 Å². The molecule has 0 radical (unpaired) electrons. The van der Waals surface area contributed by atoms with Crippen LogP contribution in [0.2, 0.25) is 0 Å². The molecule has 0 aliphatic carbocycles. The molecule has 7 heteroatoms. The quantitative estimate of drug-likeness (QED) is 0.773. The van der Waals surface area contributed by atoms with Crippen molar-refractivity contribution in [3.8, 4) is 5.75 Å². The predicted octanol–water partition coefficient (Wildman–Crippen LogP) is 3.22.